The molecule has 3 aliphatic heterocycles. The van der Waals surface area contributed by atoms with Crippen LogP contribution in [-0.4, -0.2) is 105 Å². The van der Waals surface area contributed by atoms with E-state index in [0.717, 1.165) is 78.1 Å². The van der Waals surface area contributed by atoms with Gasteiger partial charge in [-0.1, -0.05) is 30.3 Å². The van der Waals surface area contributed by atoms with Gasteiger partial charge in [-0.2, -0.15) is 0 Å². The van der Waals surface area contributed by atoms with Gasteiger partial charge in [-0.3, -0.25) is 9.89 Å². The Hall–Kier alpha value is -1.67. The van der Waals surface area contributed by atoms with Crippen molar-refractivity contribution in [3.05, 3.63) is 35.9 Å². The molecule has 3 aliphatic rings. The molecule has 0 aromatic heterocycles. The quantitative estimate of drug-likeness (QED) is 0.489. The number of rotatable bonds is 8. The van der Waals surface area contributed by atoms with Crippen molar-refractivity contribution in [2.45, 2.75) is 38.5 Å². The van der Waals surface area contributed by atoms with Crippen molar-refractivity contribution in [2.75, 3.05) is 72.7 Å². The number of morpholine rings is 1. The smallest absolute Gasteiger partial charge is 0.194 e. The van der Waals surface area contributed by atoms with Gasteiger partial charge < -0.3 is 24.6 Å². The Morgan fingerprint density at radius 2 is 1.97 bits per heavy atom. The molecule has 32 heavy (non-hydrogen) atoms. The number of benzene rings is 1. The molecule has 3 saturated heterocycles. The molecule has 1 aromatic carbocycles. The van der Waals surface area contributed by atoms with Crippen LogP contribution in [-0.2, 0) is 16.0 Å². The van der Waals surface area contributed by atoms with Gasteiger partial charge in [0.2, 0.25) is 0 Å². The van der Waals surface area contributed by atoms with Crippen LogP contribution in [0.25, 0.3) is 0 Å². The molecule has 0 aliphatic carbocycles. The van der Waals surface area contributed by atoms with Gasteiger partial charge in [0.25, 0.3) is 0 Å². The molecule has 0 saturated carbocycles. The van der Waals surface area contributed by atoms with Gasteiger partial charge in [-0.25, -0.2) is 0 Å². The number of guanidine groups is 1. The highest BCUT2D eigenvalue weighted by molar-refractivity contribution is 5.80. The molecule has 2 unspecified atom stereocenters. The van der Waals surface area contributed by atoms with Crippen molar-refractivity contribution < 1.29 is 9.47 Å². The van der Waals surface area contributed by atoms with Crippen molar-refractivity contribution in [3.8, 4) is 0 Å². The van der Waals surface area contributed by atoms with E-state index in [-0.39, 0.29) is 6.10 Å². The zero-order valence-corrected chi connectivity index (χ0v) is 19.9. The molecule has 3 heterocycles. The number of hydrogen-bond acceptors (Lipinski definition) is 5. The first kappa shape index (κ1) is 23.5. The average molecular weight is 444 g/mol. The zero-order valence-electron chi connectivity index (χ0n) is 19.9. The predicted octanol–water partition coefficient (Wildman–Crippen LogP) is 1.90. The lowest BCUT2D eigenvalue weighted by atomic mass is 9.97. The minimum atomic E-state index is 0.264. The number of methoxy groups -OCH3 is 1. The van der Waals surface area contributed by atoms with Crippen LogP contribution in [0, 0.1) is 5.92 Å². The molecule has 2 atom stereocenters. The van der Waals surface area contributed by atoms with Gasteiger partial charge in [0.05, 0.1) is 25.4 Å². The molecule has 1 aromatic rings. The maximum absolute atomic E-state index is 6.18. The molecule has 7 nitrogen and oxygen atoms in total. The van der Waals surface area contributed by atoms with E-state index in [1.165, 1.54) is 18.4 Å². The Labute approximate surface area is 193 Å². The van der Waals surface area contributed by atoms with Gasteiger partial charge >= 0.3 is 0 Å². The molecular weight excluding hydrogens is 402 g/mol. The van der Waals surface area contributed by atoms with Crippen molar-refractivity contribution in [2.24, 2.45) is 10.9 Å². The highest BCUT2D eigenvalue weighted by Gasteiger charge is 2.41. The monoisotopic (exact) mass is 443 g/mol. The van der Waals surface area contributed by atoms with Crippen LogP contribution >= 0.6 is 0 Å². The molecule has 7 heteroatoms. The Morgan fingerprint density at radius 3 is 2.72 bits per heavy atom. The first-order valence-electron chi connectivity index (χ1n) is 12.4. The number of aliphatic imine (C=N–C) groups is 1. The second-order valence-corrected chi connectivity index (χ2v) is 9.31. The summed E-state index contributed by atoms with van der Waals surface area (Å²) in [7, 11) is 1.78. The summed E-state index contributed by atoms with van der Waals surface area (Å²) in [6, 6.07) is 11.2. The van der Waals surface area contributed by atoms with Crippen LogP contribution < -0.4 is 5.32 Å². The molecule has 0 spiro atoms. The molecule has 0 radical (unpaired) electrons. The minimum absolute atomic E-state index is 0.264. The SMILES string of the molecule is CCNC(=NCC1CCN(CCOC)CC1)N1CC2OCCN(Cc3ccccc3)C2C1. The third-order valence-corrected chi connectivity index (χ3v) is 7.10. The summed E-state index contributed by atoms with van der Waals surface area (Å²) in [4.78, 5) is 12.6. The average Bonchev–Trinajstić information content (AvgIpc) is 3.27. The van der Waals surface area contributed by atoms with E-state index in [1.807, 2.05) is 0 Å². The summed E-state index contributed by atoms with van der Waals surface area (Å²) >= 11 is 0. The molecule has 178 valence electrons. The number of nitrogens with one attached hydrogen (secondary N) is 1. The van der Waals surface area contributed by atoms with E-state index >= 15 is 0 Å². The highest BCUT2D eigenvalue weighted by Crippen LogP contribution is 2.25. The van der Waals surface area contributed by atoms with Gasteiger partial charge in [-0.15, -0.1) is 0 Å². The van der Waals surface area contributed by atoms with Crippen LogP contribution in [0.2, 0.25) is 0 Å². The number of fused-ring (bicyclic) bond motifs is 1. The van der Waals surface area contributed by atoms with Crippen LogP contribution in [0.1, 0.15) is 25.3 Å². The first-order valence-corrected chi connectivity index (χ1v) is 12.4. The molecule has 0 amide bonds. The zero-order chi connectivity index (χ0) is 22.2. The molecule has 0 bridgehead atoms. The van der Waals surface area contributed by atoms with Crippen molar-refractivity contribution >= 4 is 5.96 Å². The van der Waals surface area contributed by atoms with Gasteiger partial charge in [0.15, 0.2) is 5.96 Å². The van der Waals surface area contributed by atoms with E-state index in [1.54, 1.807) is 7.11 Å². The first-order chi connectivity index (χ1) is 15.8. The Balaban J connectivity index is 1.33. The summed E-state index contributed by atoms with van der Waals surface area (Å²) < 4.78 is 11.4. The maximum Gasteiger partial charge on any atom is 0.194 e. The Kier molecular flexibility index (Phi) is 8.79. The summed E-state index contributed by atoms with van der Waals surface area (Å²) in [6.45, 7) is 12.9. The lowest BCUT2D eigenvalue weighted by Gasteiger charge is -2.36. The van der Waals surface area contributed by atoms with Gasteiger partial charge in [0.1, 0.15) is 0 Å². The second-order valence-electron chi connectivity index (χ2n) is 9.31. The Bertz CT molecular complexity index is 708. The molecule has 4 rings (SSSR count). The maximum atomic E-state index is 6.18. The lowest BCUT2D eigenvalue weighted by Crippen LogP contribution is -2.50. The van der Waals surface area contributed by atoms with Gasteiger partial charge in [-0.05, 0) is 44.3 Å². The summed E-state index contributed by atoms with van der Waals surface area (Å²) in [5.74, 6) is 1.74. The van der Waals surface area contributed by atoms with Gasteiger partial charge in [0, 0.05) is 52.9 Å². The lowest BCUT2D eigenvalue weighted by molar-refractivity contribution is -0.0502. The van der Waals surface area contributed by atoms with Crippen LogP contribution in [0.3, 0.4) is 0 Å². The predicted molar refractivity (Wildman–Crippen MR) is 129 cm³/mol. The number of hydrogen-bond donors (Lipinski definition) is 1. The van der Waals surface area contributed by atoms with E-state index in [0.29, 0.717) is 12.0 Å². The van der Waals surface area contributed by atoms with Crippen LogP contribution in [0.5, 0.6) is 0 Å². The second kappa shape index (κ2) is 12.0. The fourth-order valence-corrected chi connectivity index (χ4v) is 5.20. The largest absolute Gasteiger partial charge is 0.383 e. The van der Waals surface area contributed by atoms with E-state index in [9.17, 15) is 0 Å². The summed E-state index contributed by atoms with van der Waals surface area (Å²) in [5, 5.41) is 3.55. The number of likely N-dealkylation sites (tertiary alicyclic amines) is 2. The topological polar surface area (TPSA) is 52.6 Å². The summed E-state index contributed by atoms with van der Waals surface area (Å²) in [6.07, 6.45) is 2.72. The fourth-order valence-electron chi connectivity index (χ4n) is 5.20. The Morgan fingerprint density at radius 1 is 1.16 bits per heavy atom. The third-order valence-electron chi connectivity index (χ3n) is 7.10. The molecular formula is C25H41N5O2. The van der Waals surface area contributed by atoms with E-state index < -0.39 is 0 Å². The van der Waals surface area contributed by atoms with Crippen molar-refractivity contribution in [1.29, 1.82) is 0 Å². The van der Waals surface area contributed by atoms with E-state index in [4.69, 9.17) is 14.5 Å². The number of nitrogens with zero attached hydrogens (tertiary/aromatic N) is 4. The third kappa shape index (κ3) is 6.22. The van der Waals surface area contributed by atoms with Crippen LogP contribution in [0.4, 0.5) is 0 Å². The highest BCUT2D eigenvalue weighted by atomic mass is 16.5. The number of ether oxygens (including phenoxy) is 2. The number of piperidine rings is 1. The van der Waals surface area contributed by atoms with Crippen molar-refractivity contribution in [3.63, 3.8) is 0 Å². The van der Waals surface area contributed by atoms with E-state index in [2.05, 4.69) is 57.3 Å². The standard InChI is InChI=1S/C25H41N5O2/c1-3-26-25(27-17-21-9-11-28(12-10-21)13-15-31-2)30-19-23-24(20-30)32-16-14-29(23)18-22-7-5-4-6-8-22/h4-8,21,23-24H,3,9-20H2,1-2H3,(H,26,27). The normalized spacial score (nSPS) is 25.8. The fraction of sp³-hybridized carbons (Fsp3) is 0.720. The molecule has 1 N–H and O–H groups in total. The summed E-state index contributed by atoms with van der Waals surface area (Å²) in [5.41, 5.74) is 1.38. The van der Waals surface area contributed by atoms with Crippen molar-refractivity contribution in [1.82, 2.24) is 20.0 Å². The molecule has 3 fully saturated rings. The minimum Gasteiger partial charge on any atom is -0.383 e. The van der Waals surface area contributed by atoms with Crippen LogP contribution in [0.15, 0.2) is 35.3 Å².